The van der Waals surface area contributed by atoms with E-state index >= 15 is 0 Å². The number of hydrogen-bond acceptors (Lipinski definition) is 10. The van der Waals surface area contributed by atoms with Gasteiger partial charge in [-0.3, -0.25) is 14.2 Å². The second-order valence-corrected chi connectivity index (χ2v) is 6.61. The molecule has 1 aliphatic rings. The molecule has 164 valence electrons. The number of carbonyl (C=O) groups is 2. The smallest absolute Gasteiger partial charge is 0.351 e. The van der Waals surface area contributed by atoms with E-state index in [1.165, 1.54) is 12.3 Å². The Morgan fingerprint density at radius 2 is 2.00 bits per heavy atom. The molecule has 4 atom stereocenters. The highest BCUT2D eigenvalue weighted by Crippen LogP contribution is 2.41. The van der Waals surface area contributed by atoms with Crippen molar-refractivity contribution < 1.29 is 28.9 Å². The molecule has 0 spiro atoms. The normalized spacial score (nSPS) is 25.4. The second-order valence-electron chi connectivity index (χ2n) is 6.61. The predicted octanol–water partition coefficient (Wildman–Crippen LogP) is 0.777. The molecule has 0 unspecified atom stereocenters. The van der Waals surface area contributed by atoms with Gasteiger partial charge in [-0.15, -0.1) is 0 Å². The minimum absolute atomic E-state index is 0.0257. The molecule has 1 aliphatic heterocycles. The lowest BCUT2D eigenvalue weighted by atomic mass is 10.0. The first kappa shape index (κ1) is 23.1. The van der Waals surface area contributed by atoms with Gasteiger partial charge in [0.15, 0.2) is 18.4 Å². The van der Waals surface area contributed by atoms with Crippen molar-refractivity contribution in [2.45, 2.75) is 63.7 Å². The average Bonchev–Trinajstić information content (AvgIpc) is 2.96. The molecule has 0 amide bonds. The summed E-state index contributed by atoms with van der Waals surface area (Å²) in [6.07, 6.45) is -2.06. The van der Waals surface area contributed by atoms with Crippen molar-refractivity contribution in [3.8, 4) is 0 Å². The molecule has 1 aromatic rings. The Balaban J connectivity index is 2.58. The van der Waals surface area contributed by atoms with Gasteiger partial charge in [0.2, 0.25) is 5.72 Å². The van der Waals surface area contributed by atoms with E-state index in [4.69, 9.17) is 25.5 Å². The first-order valence-electron chi connectivity index (χ1n) is 9.40. The Labute approximate surface area is 171 Å². The van der Waals surface area contributed by atoms with Crippen molar-refractivity contribution in [2.75, 3.05) is 12.3 Å². The molecule has 0 aromatic carbocycles. The SMILES string of the molecule is CCCC(=O)O[C@H]1[C@@H](n2ccc(N)nc2=O)O[C@@](CO)(N=[N+]=[N-])[C@H]1OC(=O)CCC. The molecule has 13 nitrogen and oxygen atoms in total. The fourth-order valence-electron chi connectivity index (χ4n) is 3.00. The van der Waals surface area contributed by atoms with Crippen LogP contribution in [0.5, 0.6) is 0 Å². The summed E-state index contributed by atoms with van der Waals surface area (Å²) in [5.74, 6) is -1.39. The van der Waals surface area contributed by atoms with E-state index in [0.29, 0.717) is 12.8 Å². The van der Waals surface area contributed by atoms with Gasteiger partial charge in [-0.25, -0.2) is 4.79 Å². The zero-order valence-electron chi connectivity index (χ0n) is 16.6. The number of rotatable bonds is 9. The Kier molecular flexibility index (Phi) is 7.75. The van der Waals surface area contributed by atoms with E-state index in [1.807, 2.05) is 0 Å². The van der Waals surface area contributed by atoms with Crippen LogP contribution < -0.4 is 11.4 Å². The second kappa shape index (κ2) is 10.1. The summed E-state index contributed by atoms with van der Waals surface area (Å²) < 4.78 is 17.5. The monoisotopic (exact) mass is 424 g/mol. The summed E-state index contributed by atoms with van der Waals surface area (Å²) in [4.78, 5) is 43.0. The van der Waals surface area contributed by atoms with Crippen molar-refractivity contribution in [3.63, 3.8) is 0 Å². The van der Waals surface area contributed by atoms with Crippen LogP contribution in [0.25, 0.3) is 10.4 Å². The predicted molar refractivity (Wildman–Crippen MR) is 102 cm³/mol. The minimum Gasteiger partial charge on any atom is -0.455 e. The van der Waals surface area contributed by atoms with Crippen LogP contribution in [0.15, 0.2) is 22.2 Å². The summed E-state index contributed by atoms with van der Waals surface area (Å²) in [5, 5.41) is 13.4. The number of ether oxygens (including phenoxy) is 3. The van der Waals surface area contributed by atoms with Crippen LogP contribution >= 0.6 is 0 Å². The highest BCUT2D eigenvalue weighted by atomic mass is 16.7. The highest BCUT2D eigenvalue weighted by molar-refractivity contribution is 5.71. The summed E-state index contributed by atoms with van der Waals surface area (Å²) >= 11 is 0. The quantitative estimate of drug-likeness (QED) is 0.249. The summed E-state index contributed by atoms with van der Waals surface area (Å²) in [6.45, 7) is 2.60. The molecule has 1 saturated heterocycles. The molecule has 0 aliphatic carbocycles. The zero-order valence-corrected chi connectivity index (χ0v) is 16.6. The molecule has 13 heteroatoms. The zero-order chi connectivity index (χ0) is 22.3. The number of nitrogen functional groups attached to an aromatic ring is 1. The van der Waals surface area contributed by atoms with Gasteiger partial charge in [0.25, 0.3) is 0 Å². The average molecular weight is 424 g/mol. The van der Waals surface area contributed by atoms with Gasteiger partial charge < -0.3 is 25.1 Å². The number of carbonyl (C=O) groups excluding carboxylic acids is 2. The van der Waals surface area contributed by atoms with Crippen molar-refractivity contribution in [1.82, 2.24) is 9.55 Å². The van der Waals surface area contributed by atoms with Crippen molar-refractivity contribution in [2.24, 2.45) is 5.11 Å². The standard InChI is InChI=1S/C17H24N6O7/c1-3-5-11(25)28-13-14(29-12(26)6-4-2)17(9-24,21-22-19)30-15(13)23-8-7-10(18)20-16(23)27/h7-8,13-15,24H,3-6,9H2,1-2H3,(H2,18,20,27)/t13-,14+,15+,17-/m1/s1. The Morgan fingerprint density at radius 1 is 1.37 bits per heavy atom. The van der Waals surface area contributed by atoms with Crippen LogP contribution in [-0.2, 0) is 23.8 Å². The number of hydrogen-bond donors (Lipinski definition) is 2. The Morgan fingerprint density at radius 3 is 2.53 bits per heavy atom. The molecular formula is C17H24N6O7. The third-order valence-corrected chi connectivity index (χ3v) is 4.35. The number of esters is 2. The van der Waals surface area contributed by atoms with E-state index in [9.17, 15) is 19.5 Å². The Bertz CT molecular complexity index is 884. The van der Waals surface area contributed by atoms with Gasteiger partial charge in [-0.1, -0.05) is 19.0 Å². The van der Waals surface area contributed by atoms with Crippen molar-refractivity contribution in [1.29, 1.82) is 0 Å². The number of nitrogens with two attached hydrogens (primary N) is 1. The largest absolute Gasteiger partial charge is 0.455 e. The lowest BCUT2D eigenvalue weighted by Crippen LogP contribution is -2.48. The van der Waals surface area contributed by atoms with Crippen LogP contribution in [0.1, 0.15) is 45.8 Å². The van der Waals surface area contributed by atoms with Crippen LogP contribution in [0.3, 0.4) is 0 Å². The molecule has 0 radical (unpaired) electrons. The fraction of sp³-hybridized carbons (Fsp3) is 0.647. The Hall–Kier alpha value is -3.15. The molecule has 0 bridgehead atoms. The highest BCUT2D eigenvalue weighted by Gasteiger charge is 2.60. The van der Waals surface area contributed by atoms with E-state index in [0.717, 1.165) is 4.57 Å². The van der Waals surface area contributed by atoms with Gasteiger partial charge in [-0.2, -0.15) is 4.98 Å². The number of nitrogens with zero attached hydrogens (tertiary/aromatic N) is 5. The molecule has 1 fully saturated rings. The molecule has 3 N–H and O–H groups in total. The molecule has 0 saturated carbocycles. The number of aliphatic hydroxyl groups is 1. The van der Waals surface area contributed by atoms with Crippen LogP contribution in [0, 0.1) is 0 Å². The van der Waals surface area contributed by atoms with E-state index < -0.39 is 48.4 Å². The summed E-state index contributed by atoms with van der Waals surface area (Å²) in [5.41, 5.74) is 11.5. The molecule has 2 heterocycles. The maximum Gasteiger partial charge on any atom is 0.351 e. The molecule has 1 aromatic heterocycles. The summed E-state index contributed by atoms with van der Waals surface area (Å²) in [6, 6.07) is 1.31. The van der Waals surface area contributed by atoms with E-state index in [1.54, 1.807) is 13.8 Å². The maximum atomic E-state index is 12.4. The first-order chi connectivity index (χ1) is 14.3. The lowest BCUT2D eigenvalue weighted by Gasteiger charge is -2.28. The number of aliphatic hydroxyl groups excluding tert-OH is 1. The number of anilines is 1. The van der Waals surface area contributed by atoms with E-state index in [-0.39, 0.29) is 18.7 Å². The third-order valence-electron chi connectivity index (χ3n) is 4.35. The summed E-state index contributed by atoms with van der Waals surface area (Å²) in [7, 11) is 0. The molecule has 30 heavy (non-hydrogen) atoms. The van der Waals surface area contributed by atoms with Gasteiger partial charge in [0, 0.05) is 24.0 Å². The van der Waals surface area contributed by atoms with Crippen LogP contribution in [-0.4, -0.2) is 51.1 Å². The van der Waals surface area contributed by atoms with Crippen molar-refractivity contribution >= 4 is 17.8 Å². The topological polar surface area (TPSA) is 192 Å². The molecule has 2 rings (SSSR count). The maximum absolute atomic E-state index is 12.4. The van der Waals surface area contributed by atoms with Gasteiger partial charge >= 0.3 is 17.6 Å². The third kappa shape index (κ3) is 4.87. The van der Waals surface area contributed by atoms with Crippen LogP contribution in [0.2, 0.25) is 0 Å². The lowest BCUT2D eigenvalue weighted by molar-refractivity contribution is -0.173. The fourth-order valence-corrected chi connectivity index (χ4v) is 3.00. The van der Waals surface area contributed by atoms with E-state index in [2.05, 4.69) is 15.0 Å². The first-order valence-corrected chi connectivity index (χ1v) is 9.40. The molecular weight excluding hydrogens is 400 g/mol. The number of azide groups is 1. The van der Waals surface area contributed by atoms with Gasteiger partial charge in [0.1, 0.15) is 5.82 Å². The number of aromatic nitrogens is 2. The minimum atomic E-state index is -2.12. The van der Waals surface area contributed by atoms with Gasteiger partial charge in [0.05, 0.1) is 6.61 Å². The van der Waals surface area contributed by atoms with Crippen molar-refractivity contribution in [3.05, 3.63) is 33.2 Å². The van der Waals surface area contributed by atoms with Gasteiger partial charge in [-0.05, 0) is 24.4 Å². The van der Waals surface area contributed by atoms with Crippen LogP contribution in [0.4, 0.5) is 5.82 Å².